The van der Waals surface area contributed by atoms with Crippen LogP contribution in [0, 0.1) is 35.5 Å². The molecule has 0 spiro atoms. The lowest BCUT2D eigenvalue weighted by Gasteiger charge is -2.37. The number of thiophene rings is 1. The van der Waals surface area contributed by atoms with Crippen LogP contribution < -0.4 is 0 Å². The third-order valence-corrected chi connectivity index (χ3v) is 6.29. The van der Waals surface area contributed by atoms with Crippen molar-refractivity contribution in [2.45, 2.75) is 6.42 Å². The van der Waals surface area contributed by atoms with E-state index in [2.05, 4.69) is 17.3 Å². The van der Waals surface area contributed by atoms with Gasteiger partial charge in [0, 0.05) is 4.88 Å². The van der Waals surface area contributed by atoms with Crippen LogP contribution in [0.1, 0.15) is 11.3 Å². The van der Waals surface area contributed by atoms with Gasteiger partial charge in [-0.3, -0.25) is 9.59 Å². The van der Waals surface area contributed by atoms with Crippen molar-refractivity contribution in [1.29, 1.82) is 0 Å². The van der Waals surface area contributed by atoms with Crippen LogP contribution in [0.25, 0.3) is 0 Å². The first-order valence-electron chi connectivity index (χ1n) is 7.39. The van der Waals surface area contributed by atoms with Gasteiger partial charge in [-0.05, 0) is 41.5 Å². The Labute approximate surface area is 126 Å². The number of rotatable bonds is 2. The Hall–Kier alpha value is -1.75. The average molecular weight is 298 g/mol. The van der Waals surface area contributed by atoms with Gasteiger partial charge in [0.05, 0.1) is 18.1 Å². The summed E-state index contributed by atoms with van der Waals surface area (Å²) < 4.78 is 0. The molecular weight excluding hydrogens is 284 g/mol. The molecule has 3 fully saturated rings. The highest BCUT2D eigenvalue weighted by Gasteiger charge is 2.67. The number of hydrogen-bond acceptors (Lipinski definition) is 4. The Morgan fingerprint density at radius 2 is 1.81 bits per heavy atom. The van der Waals surface area contributed by atoms with Crippen LogP contribution in [-0.2, 0) is 9.59 Å². The molecule has 1 aromatic rings. The van der Waals surface area contributed by atoms with E-state index < -0.39 is 0 Å². The van der Waals surface area contributed by atoms with E-state index in [1.165, 1.54) is 6.42 Å². The Morgan fingerprint density at radius 3 is 2.38 bits per heavy atom. The molecule has 2 bridgehead atoms. The molecule has 5 heteroatoms. The summed E-state index contributed by atoms with van der Waals surface area (Å²) in [5.41, 5.74) is 0. The second kappa shape index (κ2) is 3.91. The van der Waals surface area contributed by atoms with E-state index in [9.17, 15) is 9.59 Å². The van der Waals surface area contributed by atoms with Crippen molar-refractivity contribution in [3.05, 3.63) is 34.5 Å². The van der Waals surface area contributed by atoms with E-state index in [1.807, 2.05) is 17.5 Å². The predicted octanol–water partition coefficient (Wildman–Crippen LogP) is 2.14. The number of carbonyl (C=O) groups is 2. The van der Waals surface area contributed by atoms with E-state index in [0.717, 1.165) is 9.89 Å². The van der Waals surface area contributed by atoms with Crippen molar-refractivity contribution < 1.29 is 9.59 Å². The largest absolute Gasteiger partial charge is 0.272 e. The summed E-state index contributed by atoms with van der Waals surface area (Å²) in [6.45, 7) is 0. The zero-order valence-electron chi connectivity index (χ0n) is 11.3. The Balaban J connectivity index is 1.48. The first-order chi connectivity index (χ1) is 10.3. The van der Waals surface area contributed by atoms with Gasteiger partial charge in [0.2, 0.25) is 0 Å². The molecule has 2 amide bonds. The number of hydrazone groups is 1. The van der Waals surface area contributed by atoms with Crippen molar-refractivity contribution in [3.8, 4) is 0 Å². The molecule has 5 aliphatic rings. The van der Waals surface area contributed by atoms with E-state index >= 15 is 0 Å². The minimum Gasteiger partial charge on any atom is -0.272 e. The van der Waals surface area contributed by atoms with Crippen LogP contribution in [0.4, 0.5) is 0 Å². The Bertz CT molecular complexity index is 657. The molecule has 1 saturated heterocycles. The molecule has 0 radical (unpaired) electrons. The summed E-state index contributed by atoms with van der Waals surface area (Å²) in [4.78, 5) is 26.2. The van der Waals surface area contributed by atoms with E-state index in [0.29, 0.717) is 11.8 Å². The number of allylic oxidation sites excluding steroid dienone is 2. The lowest BCUT2D eigenvalue weighted by atomic mass is 9.63. The molecule has 21 heavy (non-hydrogen) atoms. The van der Waals surface area contributed by atoms with E-state index in [1.54, 1.807) is 17.6 Å². The van der Waals surface area contributed by atoms with Gasteiger partial charge in [-0.25, -0.2) is 0 Å². The highest BCUT2D eigenvalue weighted by atomic mass is 32.1. The van der Waals surface area contributed by atoms with Crippen molar-refractivity contribution >= 4 is 29.4 Å². The van der Waals surface area contributed by atoms with Gasteiger partial charge < -0.3 is 0 Å². The van der Waals surface area contributed by atoms with Gasteiger partial charge in [0.25, 0.3) is 11.8 Å². The molecule has 2 saturated carbocycles. The molecule has 6 atom stereocenters. The maximum atomic E-state index is 12.6. The molecule has 6 rings (SSSR count). The Morgan fingerprint density at radius 1 is 1.14 bits per heavy atom. The second-order valence-corrected chi connectivity index (χ2v) is 7.38. The lowest BCUT2D eigenvalue weighted by Crippen LogP contribution is -2.40. The fourth-order valence-electron chi connectivity index (χ4n) is 4.53. The van der Waals surface area contributed by atoms with Crippen LogP contribution in [0.5, 0.6) is 0 Å². The minimum absolute atomic E-state index is 0.0949. The molecule has 0 N–H and O–H groups in total. The average Bonchev–Trinajstić information content (AvgIpc) is 3.10. The van der Waals surface area contributed by atoms with Crippen molar-refractivity contribution in [3.63, 3.8) is 0 Å². The fraction of sp³-hybridized carbons (Fsp3) is 0.438. The smallest absolute Gasteiger partial charge is 0.254 e. The van der Waals surface area contributed by atoms with Crippen LogP contribution in [0.2, 0.25) is 0 Å². The van der Waals surface area contributed by atoms with Gasteiger partial charge in [0.1, 0.15) is 0 Å². The summed E-state index contributed by atoms with van der Waals surface area (Å²) in [5.74, 6) is 1.31. The quantitative estimate of drug-likeness (QED) is 0.477. The maximum absolute atomic E-state index is 12.6. The Kier molecular flexibility index (Phi) is 2.21. The molecular formula is C16H14N2O2S. The third kappa shape index (κ3) is 1.47. The molecule has 1 aromatic heterocycles. The summed E-state index contributed by atoms with van der Waals surface area (Å²) >= 11 is 1.54. The number of hydrogen-bond donors (Lipinski definition) is 0. The minimum atomic E-state index is -0.156. The molecule has 1 aliphatic heterocycles. The van der Waals surface area contributed by atoms with Crippen LogP contribution in [0.3, 0.4) is 0 Å². The molecule has 4 nitrogen and oxygen atoms in total. The SMILES string of the molecule is O=C1C2C3C=CC(C4CC34)C2C(=O)N1N=Cc1cccs1. The van der Waals surface area contributed by atoms with E-state index in [4.69, 9.17) is 0 Å². The van der Waals surface area contributed by atoms with Crippen LogP contribution >= 0.6 is 11.3 Å². The zero-order valence-corrected chi connectivity index (χ0v) is 12.1. The summed E-state index contributed by atoms with van der Waals surface area (Å²) in [7, 11) is 0. The topological polar surface area (TPSA) is 49.7 Å². The van der Waals surface area contributed by atoms with Crippen molar-refractivity contribution in [1.82, 2.24) is 5.01 Å². The van der Waals surface area contributed by atoms with Gasteiger partial charge >= 0.3 is 0 Å². The van der Waals surface area contributed by atoms with Gasteiger partial charge in [0.15, 0.2) is 0 Å². The molecule has 4 aliphatic carbocycles. The first kappa shape index (κ1) is 11.9. The van der Waals surface area contributed by atoms with E-state index in [-0.39, 0.29) is 35.5 Å². The highest BCUT2D eigenvalue weighted by molar-refractivity contribution is 7.11. The summed E-state index contributed by atoms with van der Waals surface area (Å²) in [5, 5.41) is 7.26. The number of carbonyl (C=O) groups excluding carboxylic acids is 2. The fourth-order valence-corrected chi connectivity index (χ4v) is 5.11. The zero-order chi connectivity index (χ0) is 14.1. The van der Waals surface area contributed by atoms with Gasteiger partial charge in [-0.1, -0.05) is 18.2 Å². The standard InChI is InChI=1S/C16H14N2O2S/c19-15-13-9-3-4-10(12-6-11(9)12)14(13)16(20)18(15)17-7-8-2-1-5-21-8/h1-5,7,9-14H,6H2. The van der Waals surface area contributed by atoms with Crippen LogP contribution in [0.15, 0.2) is 34.8 Å². The van der Waals surface area contributed by atoms with Crippen LogP contribution in [-0.4, -0.2) is 23.0 Å². The maximum Gasteiger partial charge on any atom is 0.254 e. The lowest BCUT2D eigenvalue weighted by molar-refractivity contribution is -0.140. The summed E-state index contributed by atoms with van der Waals surface area (Å²) in [6, 6.07) is 3.85. The highest BCUT2D eigenvalue weighted by Crippen LogP contribution is 2.65. The summed E-state index contributed by atoms with van der Waals surface area (Å²) in [6.07, 6.45) is 7.16. The number of nitrogens with zero attached hydrogens (tertiary/aromatic N) is 2. The third-order valence-electron chi connectivity index (χ3n) is 5.48. The molecule has 6 unspecified atom stereocenters. The first-order valence-corrected chi connectivity index (χ1v) is 8.27. The van der Waals surface area contributed by atoms with Crippen molar-refractivity contribution in [2.24, 2.45) is 40.6 Å². The second-order valence-electron chi connectivity index (χ2n) is 6.40. The number of amides is 2. The number of imide groups is 1. The normalized spacial score (nSPS) is 42.8. The van der Waals surface area contributed by atoms with Crippen molar-refractivity contribution in [2.75, 3.05) is 0 Å². The molecule has 2 heterocycles. The van der Waals surface area contributed by atoms with Gasteiger partial charge in [-0.2, -0.15) is 10.1 Å². The molecule has 0 aromatic carbocycles. The molecule has 106 valence electrons. The monoisotopic (exact) mass is 298 g/mol. The predicted molar refractivity (Wildman–Crippen MR) is 78.5 cm³/mol. The van der Waals surface area contributed by atoms with Gasteiger partial charge in [-0.15, -0.1) is 11.3 Å².